The van der Waals surface area contributed by atoms with E-state index in [1.54, 1.807) is 11.1 Å². The molecule has 0 aliphatic carbocycles. The molecule has 0 spiro atoms. The molecular weight excluding hydrogens is 334 g/mol. The first-order valence-corrected chi connectivity index (χ1v) is 7.76. The Labute approximate surface area is 132 Å². The highest BCUT2D eigenvalue weighted by molar-refractivity contribution is 9.10. The van der Waals surface area contributed by atoms with Crippen molar-refractivity contribution in [2.24, 2.45) is 0 Å². The molecule has 1 fully saturated rings. The lowest BCUT2D eigenvalue weighted by Gasteiger charge is -2.41. The third kappa shape index (κ3) is 2.64. The van der Waals surface area contributed by atoms with E-state index in [1.165, 1.54) is 0 Å². The zero-order chi connectivity index (χ0) is 15.2. The maximum atomic E-state index is 12.2. The van der Waals surface area contributed by atoms with E-state index in [9.17, 15) is 4.79 Å². The number of hydrogen-bond donors (Lipinski definition) is 0. The number of carbonyl (C=O) groups is 1. The smallest absolute Gasteiger partial charge is 0.410 e. The van der Waals surface area contributed by atoms with E-state index in [1.807, 2.05) is 33.2 Å². The largest absolute Gasteiger partial charge is 0.444 e. The molecule has 0 saturated carbocycles. The molecule has 0 radical (unpaired) electrons. The van der Waals surface area contributed by atoms with E-state index in [4.69, 9.17) is 4.74 Å². The molecule has 0 N–H and O–H groups in total. The summed E-state index contributed by atoms with van der Waals surface area (Å²) in [6.07, 6.45) is 6.17. The molecule has 112 valence electrons. The van der Waals surface area contributed by atoms with Gasteiger partial charge in [-0.2, -0.15) is 0 Å². The summed E-state index contributed by atoms with van der Waals surface area (Å²) in [4.78, 5) is 18.2. The van der Waals surface area contributed by atoms with Gasteiger partial charge in [-0.15, -0.1) is 0 Å². The molecule has 3 heterocycles. The van der Waals surface area contributed by atoms with E-state index in [2.05, 4.69) is 31.4 Å². The molecule has 1 unspecified atom stereocenters. The lowest BCUT2D eigenvalue weighted by atomic mass is 10.0. The summed E-state index contributed by atoms with van der Waals surface area (Å²) in [6.45, 7) is 6.38. The zero-order valence-electron chi connectivity index (χ0n) is 12.3. The Hall–Kier alpha value is -1.56. The molecule has 6 heteroatoms. The number of likely N-dealkylation sites (tertiary alicyclic amines) is 1. The highest BCUT2D eigenvalue weighted by Crippen LogP contribution is 2.37. The predicted octanol–water partition coefficient (Wildman–Crippen LogP) is 3.78. The van der Waals surface area contributed by atoms with Crippen LogP contribution in [0, 0.1) is 0 Å². The van der Waals surface area contributed by atoms with Crippen LogP contribution >= 0.6 is 15.9 Å². The van der Waals surface area contributed by atoms with Gasteiger partial charge < -0.3 is 9.14 Å². The fourth-order valence-electron chi connectivity index (χ4n) is 2.53. The van der Waals surface area contributed by atoms with Crippen LogP contribution in [0.2, 0.25) is 0 Å². The molecular formula is C15H18BrN3O2. The maximum absolute atomic E-state index is 12.2. The first-order chi connectivity index (χ1) is 9.87. The number of amides is 1. The van der Waals surface area contributed by atoms with E-state index in [0.717, 1.165) is 28.6 Å². The van der Waals surface area contributed by atoms with Gasteiger partial charge in [0, 0.05) is 29.1 Å². The number of hydrogen-bond acceptors (Lipinski definition) is 3. The molecule has 5 nitrogen and oxygen atoms in total. The lowest BCUT2D eigenvalue weighted by Crippen LogP contribution is -2.47. The highest BCUT2D eigenvalue weighted by atomic mass is 79.9. The quantitative estimate of drug-likeness (QED) is 0.785. The second-order valence-corrected chi connectivity index (χ2v) is 7.08. The van der Waals surface area contributed by atoms with Gasteiger partial charge >= 0.3 is 6.09 Å². The second-order valence-electron chi connectivity index (χ2n) is 6.23. The average molecular weight is 352 g/mol. The summed E-state index contributed by atoms with van der Waals surface area (Å²) in [5.74, 6) is 0. The van der Waals surface area contributed by atoms with Crippen LogP contribution in [0.25, 0.3) is 5.52 Å². The number of nitrogens with zero attached hydrogens (tertiary/aromatic N) is 3. The van der Waals surface area contributed by atoms with Gasteiger partial charge in [-0.3, -0.25) is 9.88 Å². The van der Waals surface area contributed by atoms with Crippen LogP contribution in [-0.2, 0) is 4.74 Å². The van der Waals surface area contributed by atoms with E-state index in [-0.39, 0.29) is 12.1 Å². The van der Waals surface area contributed by atoms with Crippen LogP contribution in [0.3, 0.4) is 0 Å². The van der Waals surface area contributed by atoms with Crippen LogP contribution in [0.1, 0.15) is 38.9 Å². The Morgan fingerprint density at radius 1 is 1.48 bits per heavy atom. The normalized spacial score (nSPS) is 18.7. The summed E-state index contributed by atoms with van der Waals surface area (Å²) in [5.41, 5.74) is 1.61. The van der Waals surface area contributed by atoms with E-state index < -0.39 is 5.60 Å². The number of fused-ring (bicyclic) bond motifs is 1. The molecule has 1 atom stereocenters. The van der Waals surface area contributed by atoms with E-state index >= 15 is 0 Å². The number of ether oxygens (including phenoxy) is 1. The van der Waals surface area contributed by atoms with Gasteiger partial charge in [0.1, 0.15) is 5.60 Å². The Balaban J connectivity index is 1.88. The zero-order valence-corrected chi connectivity index (χ0v) is 13.9. The van der Waals surface area contributed by atoms with Crippen LogP contribution in [0.5, 0.6) is 0 Å². The summed E-state index contributed by atoms with van der Waals surface area (Å²) in [6, 6.07) is 2.11. The minimum Gasteiger partial charge on any atom is -0.444 e. The standard InChI is InChI=1S/C15H18BrN3O2/c1-15(2,3)21-14(20)19-6-4-11(19)12-8-10(16)13-9-17-5-7-18(12)13/h5,7-9,11H,4,6H2,1-3H3. The summed E-state index contributed by atoms with van der Waals surface area (Å²) in [7, 11) is 0. The SMILES string of the molecule is CC(C)(C)OC(=O)N1CCC1c1cc(Br)c2cnccn12. The van der Waals surface area contributed by atoms with Crippen LogP contribution < -0.4 is 0 Å². The Bertz CT molecular complexity index is 690. The van der Waals surface area contributed by atoms with Crippen molar-refractivity contribution in [2.75, 3.05) is 6.54 Å². The highest BCUT2D eigenvalue weighted by Gasteiger charge is 2.37. The van der Waals surface area contributed by atoms with Gasteiger partial charge in [0.25, 0.3) is 0 Å². The molecule has 1 saturated heterocycles. The van der Waals surface area contributed by atoms with Gasteiger partial charge in [0.15, 0.2) is 0 Å². The number of aromatic nitrogens is 2. The van der Waals surface area contributed by atoms with Gasteiger partial charge in [0.05, 0.1) is 17.8 Å². The first-order valence-electron chi connectivity index (χ1n) is 6.97. The van der Waals surface area contributed by atoms with Gasteiger partial charge in [-0.1, -0.05) is 0 Å². The van der Waals surface area contributed by atoms with Crippen molar-refractivity contribution in [2.45, 2.75) is 38.8 Å². The van der Waals surface area contributed by atoms with Crippen molar-refractivity contribution in [3.8, 4) is 0 Å². The van der Waals surface area contributed by atoms with Crippen molar-refractivity contribution < 1.29 is 9.53 Å². The molecule has 1 aliphatic heterocycles. The third-order valence-electron chi connectivity index (χ3n) is 3.54. The van der Waals surface area contributed by atoms with Crippen LogP contribution in [0.15, 0.2) is 29.1 Å². The molecule has 2 aromatic rings. The lowest BCUT2D eigenvalue weighted by molar-refractivity contribution is -0.00664. The van der Waals surface area contributed by atoms with Crippen molar-refractivity contribution in [3.05, 3.63) is 34.8 Å². The Morgan fingerprint density at radius 2 is 2.24 bits per heavy atom. The van der Waals surface area contributed by atoms with E-state index in [0.29, 0.717) is 0 Å². The molecule has 0 aromatic carbocycles. The number of carbonyl (C=O) groups excluding carboxylic acids is 1. The molecule has 21 heavy (non-hydrogen) atoms. The third-order valence-corrected chi connectivity index (χ3v) is 4.18. The number of halogens is 1. The summed E-state index contributed by atoms with van der Waals surface area (Å²) >= 11 is 3.55. The Morgan fingerprint density at radius 3 is 2.86 bits per heavy atom. The molecule has 2 aromatic heterocycles. The summed E-state index contributed by atoms with van der Waals surface area (Å²) < 4.78 is 8.52. The predicted molar refractivity (Wildman–Crippen MR) is 83.2 cm³/mol. The van der Waals surface area contributed by atoms with Crippen molar-refractivity contribution in [1.82, 2.24) is 14.3 Å². The Kier molecular flexibility index (Phi) is 3.43. The topological polar surface area (TPSA) is 46.8 Å². The van der Waals surface area contributed by atoms with Crippen molar-refractivity contribution in [1.29, 1.82) is 0 Å². The monoisotopic (exact) mass is 351 g/mol. The van der Waals surface area contributed by atoms with Crippen molar-refractivity contribution in [3.63, 3.8) is 0 Å². The fourth-order valence-corrected chi connectivity index (χ4v) is 3.06. The first kappa shape index (κ1) is 14.4. The minimum atomic E-state index is -0.469. The van der Waals surface area contributed by atoms with Gasteiger partial charge in [-0.25, -0.2) is 4.79 Å². The average Bonchev–Trinajstić information content (AvgIpc) is 2.64. The van der Waals surface area contributed by atoms with Gasteiger partial charge in [0.2, 0.25) is 0 Å². The molecule has 1 amide bonds. The van der Waals surface area contributed by atoms with Crippen molar-refractivity contribution >= 4 is 27.5 Å². The summed E-state index contributed by atoms with van der Waals surface area (Å²) in [5, 5.41) is 0. The number of rotatable bonds is 1. The second kappa shape index (κ2) is 5.02. The molecule has 3 rings (SSSR count). The minimum absolute atomic E-state index is 0.0565. The van der Waals surface area contributed by atoms with Crippen LogP contribution in [0.4, 0.5) is 4.79 Å². The molecule has 0 bridgehead atoms. The molecule has 1 aliphatic rings. The fraction of sp³-hybridized carbons (Fsp3) is 0.467. The maximum Gasteiger partial charge on any atom is 0.410 e. The van der Waals surface area contributed by atoms with Gasteiger partial charge in [-0.05, 0) is 49.2 Å². The van der Waals surface area contributed by atoms with Crippen LogP contribution in [-0.4, -0.2) is 32.5 Å².